The van der Waals surface area contributed by atoms with Crippen LogP contribution in [0.3, 0.4) is 0 Å². The lowest BCUT2D eigenvalue weighted by Crippen LogP contribution is -2.63. The van der Waals surface area contributed by atoms with E-state index >= 15 is 0 Å². The maximum absolute atomic E-state index is 12.9. The maximum Gasteiger partial charge on any atom is 0.319 e. The van der Waals surface area contributed by atoms with Gasteiger partial charge in [-0.15, -0.1) is 0 Å². The monoisotopic (exact) mass is 691 g/mol. The number of nitrogens with two attached hydrogens (primary N) is 3. The highest BCUT2D eigenvalue weighted by atomic mass is 16.6. The van der Waals surface area contributed by atoms with Gasteiger partial charge >= 0.3 is 23.9 Å². The number of fused-ring (bicyclic) bond motifs is 5. The summed E-state index contributed by atoms with van der Waals surface area (Å²) in [6.07, 6.45) is 12.4. The van der Waals surface area contributed by atoms with E-state index in [4.69, 9.17) is 36.1 Å². The van der Waals surface area contributed by atoms with Crippen LogP contribution in [0.15, 0.2) is 0 Å². The van der Waals surface area contributed by atoms with E-state index in [0.29, 0.717) is 38.7 Å². The molecule has 0 heterocycles. The number of rotatable bonds is 17. The summed E-state index contributed by atoms with van der Waals surface area (Å²) in [5.41, 5.74) is 16.6. The molecule has 280 valence electrons. The zero-order valence-electron chi connectivity index (χ0n) is 30.6. The van der Waals surface area contributed by atoms with Crippen LogP contribution in [-0.4, -0.2) is 68.4 Å². The van der Waals surface area contributed by atoms with Crippen molar-refractivity contribution in [2.24, 2.45) is 63.5 Å². The second-order valence-electron chi connectivity index (χ2n) is 16.0. The average Bonchev–Trinajstić information content (AvgIpc) is 3.45. The summed E-state index contributed by atoms with van der Waals surface area (Å²) in [5.74, 6) is -0.547. The van der Waals surface area contributed by atoms with E-state index < -0.39 is 23.3 Å². The Morgan fingerprint density at radius 2 is 1.41 bits per heavy atom. The van der Waals surface area contributed by atoms with Crippen LogP contribution in [0, 0.1) is 46.3 Å². The van der Waals surface area contributed by atoms with Gasteiger partial charge in [-0.3, -0.25) is 19.2 Å². The van der Waals surface area contributed by atoms with Crippen molar-refractivity contribution in [2.75, 3.05) is 26.2 Å². The van der Waals surface area contributed by atoms with Gasteiger partial charge in [0.1, 0.15) is 18.3 Å². The van der Waals surface area contributed by atoms with E-state index in [1.54, 1.807) is 0 Å². The van der Waals surface area contributed by atoms with Gasteiger partial charge in [-0.05, 0) is 92.8 Å². The number of hydrogen-bond donors (Lipinski definition) is 3. The molecule has 4 aliphatic carbocycles. The molecular formula is C38H65N3O8. The summed E-state index contributed by atoms with van der Waals surface area (Å²) < 4.78 is 23.8. The zero-order chi connectivity index (χ0) is 35.8. The van der Waals surface area contributed by atoms with Gasteiger partial charge in [0.15, 0.2) is 0 Å². The maximum atomic E-state index is 12.9. The van der Waals surface area contributed by atoms with E-state index in [2.05, 4.69) is 27.7 Å². The third kappa shape index (κ3) is 8.98. The second kappa shape index (κ2) is 17.8. The van der Waals surface area contributed by atoms with Crippen LogP contribution in [-0.2, 0) is 38.1 Å². The van der Waals surface area contributed by atoms with Crippen molar-refractivity contribution in [1.82, 2.24) is 0 Å². The molecule has 4 fully saturated rings. The third-order valence-corrected chi connectivity index (χ3v) is 13.4. The van der Waals surface area contributed by atoms with E-state index in [1.807, 2.05) is 0 Å². The van der Waals surface area contributed by atoms with Crippen molar-refractivity contribution >= 4 is 23.9 Å². The first kappa shape index (κ1) is 39.5. The average molecular weight is 692 g/mol. The van der Waals surface area contributed by atoms with Gasteiger partial charge in [0.25, 0.3) is 0 Å². The predicted octanol–water partition coefficient (Wildman–Crippen LogP) is 4.80. The Labute approximate surface area is 293 Å². The summed E-state index contributed by atoms with van der Waals surface area (Å²) in [6.45, 7) is 8.92. The zero-order valence-corrected chi connectivity index (χ0v) is 30.6. The first-order valence-corrected chi connectivity index (χ1v) is 19.3. The highest BCUT2D eigenvalue weighted by Gasteiger charge is 2.67. The Kier molecular flexibility index (Phi) is 14.4. The van der Waals surface area contributed by atoms with Gasteiger partial charge in [-0.1, -0.05) is 59.8 Å². The summed E-state index contributed by atoms with van der Waals surface area (Å²) in [6, 6.07) is 0. The van der Waals surface area contributed by atoms with Gasteiger partial charge in [0, 0.05) is 17.8 Å². The van der Waals surface area contributed by atoms with E-state index in [1.165, 1.54) is 25.7 Å². The molecule has 0 bridgehead atoms. The number of carbonyl (C=O) groups is 4. The van der Waals surface area contributed by atoms with Crippen molar-refractivity contribution in [2.45, 2.75) is 142 Å². The molecule has 11 nitrogen and oxygen atoms in total. The van der Waals surface area contributed by atoms with Gasteiger partial charge in [0.05, 0.1) is 26.2 Å². The van der Waals surface area contributed by atoms with Crippen molar-refractivity contribution < 1.29 is 38.1 Å². The normalized spacial score (nSPS) is 35.7. The van der Waals surface area contributed by atoms with Gasteiger partial charge in [0.2, 0.25) is 0 Å². The van der Waals surface area contributed by atoms with Crippen molar-refractivity contribution in [3.8, 4) is 0 Å². The molecule has 4 saturated carbocycles. The molecule has 11 atom stereocenters. The highest BCUT2D eigenvalue weighted by molar-refractivity contribution is 5.72. The first-order valence-electron chi connectivity index (χ1n) is 19.3. The predicted molar refractivity (Wildman–Crippen MR) is 186 cm³/mol. The van der Waals surface area contributed by atoms with E-state index in [9.17, 15) is 19.2 Å². The van der Waals surface area contributed by atoms with Crippen molar-refractivity contribution in [3.63, 3.8) is 0 Å². The first-order chi connectivity index (χ1) is 23.4. The minimum absolute atomic E-state index is 0.0669. The fourth-order valence-electron chi connectivity index (χ4n) is 10.8. The molecule has 3 unspecified atom stereocenters. The summed E-state index contributed by atoms with van der Waals surface area (Å²) in [7, 11) is 0. The molecule has 0 saturated heterocycles. The fourth-order valence-corrected chi connectivity index (χ4v) is 10.8. The molecular weight excluding hydrogens is 626 g/mol. The molecule has 6 N–H and O–H groups in total. The number of ether oxygens (including phenoxy) is 4. The van der Waals surface area contributed by atoms with Crippen molar-refractivity contribution in [1.29, 1.82) is 0 Å². The molecule has 49 heavy (non-hydrogen) atoms. The summed E-state index contributed by atoms with van der Waals surface area (Å²) >= 11 is 0. The molecule has 11 heteroatoms. The number of unbranched alkanes of at least 4 members (excludes halogenated alkanes) is 5. The van der Waals surface area contributed by atoms with Gasteiger partial charge < -0.3 is 36.1 Å². The van der Waals surface area contributed by atoms with E-state index in [0.717, 1.165) is 38.5 Å². The molecule has 4 aliphatic rings. The Bertz CT molecular complexity index is 1140. The minimum Gasteiger partial charge on any atom is -0.466 e. The molecule has 0 aromatic heterocycles. The molecule has 4 rings (SSSR count). The highest BCUT2D eigenvalue weighted by Crippen LogP contribution is 2.69. The molecule has 0 radical (unpaired) electrons. The van der Waals surface area contributed by atoms with E-state index in [-0.39, 0.29) is 84.8 Å². The lowest BCUT2D eigenvalue weighted by molar-refractivity contribution is -0.225. The lowest BCUT2D eigenvalue weighted by atomic mass is 9.43. The quantitative estimate of drug-likeness (QED) is 0.108. The van der Waals surface area contributed by atoms with Crippen LogP contribution in [0.2, 0.25) is 0 Å². The smallest absolute Gasteiger partial charge is 0.319 e. The molecule has 0 spiro atoms. The summed E-state index contributed by atoms with van der Waals surface area (Å²) in [4.78, 5) is 50.5. The SMILES string of the molecule is CCCCCCCCOC(=O)CC[C@@H](C)[C@H]1CC[C@H]2C3[C@H](OC(=O)CN)CC4CC(OC(=O)CN)CC[C@]4(C)[C@H]3C[C@H](OC(=O)CN)[C@]12C. The standard InChI is InChI=1S/C38H65N3O8/c1-5-6-7-8-9-10-17-46-32(42)14-11-24(2)27-12-13-28-36-29(20-31(38(27,28)4)49-35(45)23-41)37(3)16-15-26(47-33(43)21-39)18-25(37)19-30(36)48-34(44)22-40/h24-31,36H,5-23,39-41H2,1-4H3/t24-,25?,26?,27-,28+,29+,30-,31+,36?,37+,38-/m1/s1. The lowest BCUT2D eigenvalue weighted by Gasteiger charge is -2.64. The molecule has 0 aromatic carbocycles. The van der Waals surface area contributed by atoms with Gasteiger partial charge in [-0.2, -0.15) is 0 Å². The topological polar surface area (TPSA) is 183 Å². The third-order valence-electron chi connectivity index (χ3n) is 13.4. The van der Waals surface area contributed by atoms with Gasteiger partial charge in [-0.25, -0.2) is 0 Å². The largest absolute Gasteiger partial charge is 0.466 e. The Balaban J connectivity index is 1.53. The number of carbonyl (C=O) groups excluding carboxylic acids is 4. The Hall–Kier alpha value is -2.24. The second-order valence-corrected chi connectivity index (χ2v) is 16.0. The van der Waals surface area contributed by atoms with Crippen LogP contribution in [0.5, 0.6) is 0 Å². The fraction of sp³-hybridized carbons (Fsp3) is 0.895. The Morgan fingerprint density at radius 1 is 0.755 bits per heavy atom. The number of hydrogen-bond acceptors (Lipinski definition) is 11. The van der Waals surface area contributed by atoms with Crippen LogP contribution in [0.4, 0.5) is 0 Å². The number of esters is 4. The van der Waals surface area contributed by atoms with Crippen LogP contribution in [0.25, 0.3) is 0 Å². The minimum atomic E-state index is -0.421. The van der Waals surface area contributed by atoms with Crippen LogP contribution in [0.1, 0.15) is 124 Å². The Morgan fingerprint density at radius 3 is 2.10 bits per heavy atom. The summed E-state index contributed by atoms with van der Waals surface area (Å²) in [5, 5.41) is 0. The molecule has 0 aliphatic heterocycles. The van der Waals surface area contributed by atoms with Crippen LogP contribution < -0.4 is 17.2 Å². The molecule has 0 amide bonds. The van der Waals surface area contributed by atoms with Crippen LogP contribution >= 0.6 is 0 Å². The van der Waals surface area contributed by atoms with Crippen molar-refractivity contribution in [3.05, 3.63) is 0 Å². The molecule has 0 aromatic rings.